The van der Waals surface area contributed by atoms with E-state index in [0.29, 0.717) is 15.5 Å². The van der Waals surface area contributed by atoms with Crippen LogP contribution in [0.2, 0.25) is 5.02 Å². The highest BCUT2D eigenvalue weighted by Crippen LogP contribution is 2.31. The summed E-state index contributed by atoms with van der Waals surface area (Å²) >= 11 is 12.2. The highest BCUT2D eigenvalue weighted by molar-refractivity contribution is 8.26. The van der Waals surface area contributed by atoms with Crippen molar-refractivity contribution < 1.29 is 9.59 Å². The van der Waals surface area contributed by atoms with Gasteiger partial charge >= 0.3 is 0 Å². The zero-order valence-electron chi connectivity index (χ0n) is 14.3. The number of carbonyl (C=O) groups excluding carboxylic acids is 2. The number of carbonyl (C=O) groups is 2. The molecule has 0 spiro atoms. The number of thiocarbonyl (C=S) groups is 1. The average molecular weight is 415 g/mol. The van der Waals surface area contributed by atoms with E-state index in [1.54, 1.807) is 30.3 Å². The Kier molecular flexibility index (Phi) is 6.11. The van der Waals surface area contributed by atoms with Crippen molar-refractivity contribution in [3.8, 4) is 0 Å². The molecular weight excluding hydrogens is 400 g/mol. The first kappa shape index (κ1) is 19.4. The Labute approximate surface area is 171 Å². The van der Waals surface area contributed by atoms with Crippen LogP contribution < -0.4 is 5.43 Å². The Morgan fingerprint density at radius 3 is 2.48 bits per heavy atom. The highest BCUT2D eigenvalue weighted by Gasteiger charge is 2.33. The molecular formula is C20H15ClN2O2S2. The zero-order chi connectivity index (χ0) is 19.4. The molecule has 0 aromatic heterocycles. The molecule has 0 aliphatic carbocycles. The molecule has 0 unspecified atom stereocenters. The Morgan fingerprint density at radius 1 is 1.15 bits per heavy atom. The summed E-state index contributed by atoms with van der Waals surface area (Å²) in [4.78, 5) is 25.4. The molecule has 4 nitrogen and oxygen atoms in total. The molecule has 0 radical (unpaired) electrons. The predicted octanol–water partition coefficient (Wildman–Crippen LogP) is 4.83. The van der Waals surface area contributed by atoms with E-state index in [4.69, 9.17) is 23.8 Å². The Hall–Kier alpha value is -2.41. The van der Waals surface area contributed by atoms with E-state index >= 15 is 0 Å². The summed E-state index contributed by atoms with van der Waals surface area (Å²) in [6.07, 6.45) is 3.74. The number of hydrazine groups is 1. The van der Waals surface area contributed by atoms with E-state index in [9.17, 15) is 9.59 Å². The van der Waals surface area contributed by atoms with Crippen molar-refractivity contribution in [2.45, 2.75) is 6.92 Å². The average Bonchev–Trinajstić information content (AvgIpc) is 2.90. The molecule has 1 aliphatic heterocycles. The smallest absolute Gasteiger partial charge is 0.267 e. The van der Waals surface area contributed by atoms with Gasteiger partial charge in [0, 0.05) is 10.6 Å². The third-order valence-electron chi connectivity index (χ3n) is 3.67. The van der Waals surface area contributed by atoms with Gasteiger partial charge < -0.3 is 0 Å². The summed E-state index contributed by atoms with van der Waals surface area (Å²) in [5, 5.41) is 1.62. The summed E-state index contributed by atoms with van der Waals surface area (Å²) in [6, 6.07) is 16.2. The van der Waals surface area contributed by atoms with E-state index in [1.807, 2.05) is 43.3 Å². The number of rotatable bonds is 4. The number of hydrogen-bond acceptors (Lipinski definition) is 4. The summed E-state index contributed by atoms with van der Waals surface area (Å²) in [7, 11) is 0. The third kappa shape index (κ3) is 4.86. The van der Waals surface area contributed by atoms with E-state index in [2.05, 4.69) is 5.43 Å². The summed E-state index contributed by atoms with van der Waals surface area (Å²) in [6.45, 7) is 1.91. The molecule has 3 rings (SSSR count). The van der Waals surface area contributed by atoms with Gasteiger partial charge in [0.25, 0.3) is 11.8 Å². The predicted molar refractivity (Wildman–Crippen MR) is 114 cm³/mol. The maximum atomic E-state index is 12.6. The van der Waals surface area contributed by atoms with Gasteiger partial charge in [-0.2, -0.15) is 5.01 Å². The molecule has 0 bridgehead atoms. The number of nitrogens with one attached hydrogen (secondary N) is 1. The van der Waals surface area contributed by atoms with E-state index in [0.717, 1.165) is 27.9 Å². The van der Waals surface area contributed by atoms with Crippen LogP contribution in [0.4, 0.5) is 0 Å². The normalized spacial score (nSPS) is 16.1. The van der Waals surface area contributed by atoms with Crippen molar-refractivity contribution in [2.75, 3.05) is 0 Å². The number of amides is 2. The number of thioether (sulfide) groups is 1. The minimum absolute atomic E-state index is 0.279. The quantitative estimate of drug-likeness (QED) is 0.575. The van der Waals surface area contributed by atoms with E-state index < -0.39 is 5.91 Å². The largest absolute Gasteiger partial charge is 0.285 e. The van der Waals surface area contributed by atoms with E-state index in [1.165, 1.54) is 0 Å². The van der Waals surface area contributed by atoms with Crippen LogP contribution in [-0.2, 0) is 4.79 Å². The molecule has 1 saturated heterocycles. The van der Waals surface area contributed by atoms with Crippen LogP contribution in [0.3, 0.4) is 0 Å². The standard InChI is InChI=1S/C20H15ClN2O2S2/c1-13(11-14-5-3-2-4-6-14)12-17-19(25)23(20(26)27-17)22-18(24)15-7-9-16(21)10-8-15/h2-12H,1H3,(H,22,24)/b13-11+,17-12+. The second-order valence-corrected chi connectivity index (χ2v) is 7.88. The van der Waals surface area contributed by atoms with Gasteiger partial charge in [0.15, 0.2) is 4.32 Å². The summed E-state index contributed by atoms with van der Waals surface area (Å²) in [5.74, 6) is -0.783. The lowest BCUT2D eigenvalue weighted by Gasteiger charge is -2.15. The number of allylic oxidation sites excluding steroid dienone is 2. The molecule has 7 heteroatoms. The molecule has 0 atom stereocenters. The lowest BCUT2D eigenvalue weighted by Crippen LogP contribution is -2.44. The Bertz CT molecular complexity index is 954. The maximum Gasteiger partial charge on any atom is 0.285 e. The van der Waals surface area contributed by atoms with Crippen LogP contribution in [0.5, 0.6) is 0 Å². The van der Waals surface area contributed by atoms with Crippen molar-refractivity contribution >= 4 is 57.8 Å². The van der Waals surface area contributed by atoms with Gasteiger partial charge in [0.1, 0.15) is 0 Å². The fraction of sp³-hybridized carbons (Fsp3) is 0.0500. The fourth-order valence-corrected chi connectivity index (χ4v) is 3.75. The van der Waals surface area contributed by atoms with Gasteiger partial charge in [-0.15, -0.1) is 0 Å². The highest BCUT2D eigenvalue weighted by atomic mass is 35.5. The van der Waals surface area contributed by atoms with Crippen molar-refractivity contribution in [2.24, 2.45) is 0 Å². The second-order valence-electron chi connectivity index (χ2n) is 5.76. The van der Waals surface area contributed by atoms with Crippen LogP contribution >= 0.6 is 35.6 Å². The van der Waals surface area contributed by atoms with Crippen molar-refractivity contribution in [3.05, 3.63) is 87.3 Å². The molecule has 136 valence electrons. The Morgan fingerprint density at radius 2 is 1.81 bits per heavy atom. The minimum Gasteiger partial charge on any atom is -0.267 e. The number of hydrogen-bond donors (Lipinski definition) is 1. The second kappa shape index (κ2) is 8.52. The third-order valence-corrected chi connectivity index (χ3v) is 5.22. The van der Waals surface area contributed by atoms with Crippen LogP contribution in [0.1, 0.15) is 22.8 Å². The van der Waals surface area contributed by atoms with Gasteiger partial charge in [0.2, 0.25) is 0 Å². The minimum atomic E-state index is -0.430. The molecule has 1 heterocycles. The molecule has 27 heavy (non-hydrogen) atoms. The Balaban J connectivity index is 1.73. The molecule has 0 saturated carbocycles. The molecule has 1 aliphatic rings. The molecule has 2 amide bonds. The number of benzene rings is 2. The summed E-state index contributed by atoms with van der Waals surface area (Å²) < 4.78 is 0.279. The first-order valence-electron chi connectivity index (χ1n) is 8.02. The van der Waals surface area contributed by atoms with Gasteiger partial charge in [-0.25, -0.2) is 0 Å². The molecule has 1 fully saturated rings. The lowest BCUT2D eigenvalue weighted by molar-refractivity contribution is -0.123. The van der Waals surface area contributed by atoms with Crippen LogP contribution in [0, 0.1) is 0 Å². The first-order valence-corrected chi connectivity index (χ1v) is 9.62. The summed E-state index contributed by atoms with van der Waals surface area (Å²) in [5.41, 5.74) is 4.88. The molecule has 2 aromatic carbocycles. The van der Waals surface area contributed by atoms with Gasteiger partial charge in [0.05, 0.1) is 4.91 Å². The van der Waals surface area contributed by atoms with Crippen molar-refractivity contribution in [1.82, 2.24) is 10.4 Å². The van der Waals surface area contributed by atoms with Crippen LogP contribution in [-0.4, -0.2) is 21.1 Å². The topological polar surface area (TPSA) is 49.4 Å². The number of nitrogens with zero attached hydrogens (tertiary/aromatic N) is 1. The van der Waals surface area contributed by atoms with Gasteiger partial charge in [-0.3, -0.25) is 15.0 Å². The fourth-order valence-electron chi connectivity index (χ4n) is 2.39. The SMILES string of the molecule is CC(=C\c1ccccc1)/C=C1/SC(=S)N(NC(=O)c2ccc(Cl)cc2)C1=O. The van der Waals surface area contributed by atoms with E-state index in [-0.39, 0.29) is 10.2 Å². The van der Waals surface area contributed by atoms with Crippen molar-refractivity contribution in [3.63, 3.8) is 0 Å². The van der Waals surface area contributed by atoms with Gasteiger partial charge in [-0.1, -0.05) is 59.8 Å². The zero-order valence-corrected chi connectivity index (χ0v) is 16.7. The molecule has 2 aromatic rings. The monoisotopic (exact) mass is 414 g/mol. The van der Waals surface area contributed by atoms with Crippen LogP contribution in [0.15, 0.2) is 71.2 Å². The van der Waals surface area contributed by atoms with Gasteiger partial charge in [-0.05, 0) is 60.6 Å². The van der Waals surface area contributed by atoms with Crippen LogP contribution in [0.25, 0.3) is 6.08 Å². The first-order chi connectivity index (χ1) is 12.9. The van der Waals surface area contributed by atoms with Crippen molar-refractivity contribution in [1.29, 1.82) is 0 Å². The number of halogens is 1. The molecule has 1 N–H and O–H groups in total. The maximum absolute atomic E-state index is 12.6. The lowest BCUT2D eigenvalue weighted by atomic mass is 10.1.